The van der Waals surface area contributed by atoms with Crippen molar-refractivity contribution < 1.29 is 4.74 Å². The molecule has 1 heterocycles. The van der Waals surface area contributed by atoms with Gasteiger partial charge in [0.05, 0.1) is 12.7 Å². The van der Waals surface area contributed by atoms with Gasteiger partial charge >= 0.3 is 0 Å². The monoisotopic (exact) mass is 296 g/mol. The summed E-state index contributed by atoms with van der Waals surface area (Å²) in [4.78, 5) is 2.38. The Morgan fingerprint density at radius 3 is 2.95 bits per heavy atom. The quantitative estimate of drug-likeness (QED) is 0.902. The molecule has 0 radical (unpaired) electrons. The third kappa shape index (κ3) is 4.37. The predicted molar refractivity (Wildman–Crippen MR) is 85.6 cm³/mol. The van der Waals surface area contributed by atoms with Crippen LogP contribution < -0.4 is 10.2 Å². The Balaban J connectivity index is 2.10. The van der Waals surface area contributed by atoms with Crippen LogP contribution >= 0.6 is 11.6 Å². The Hall–Kier alpha value is -0.770. The molecule has 3 nitrogen and oxygen atoms in total. The molecule has 1 aromatic rings. The van der Waals surface area contributed by atoms with E-state index in [-0.39, 0.29) is 6.10 Å². The average molecular weight is 297 g/mol. The van der Waals surface area contributed by atoms with E-state index in [9.17, 15) is 0 Å². The van der Waals surface area contributed by atoms with E-state index in [1.165, 1.54) is 11.3 Å². The fourth-order valence-electron chi connectivity index (χ4n) is 2.51. The summed E-state index contributed by atoms with van der Waals surface area (Å²) in [5, 5.41) is 4.31. The first kappa shape index (κ1) is 15.6. The zero-order valence-electron chi connectivity index (χ0n) is 12.7. The summed E-state index contributed by atoms with van der Waals surface area (Å²) in [6, 6.07) is 6.18. The van der Waals surface area contributed by atoms with Gasteiger partial charge in [-0.2, -0.15) is 0 Å². The van der Waals surface area contributed by atoms with Gasteiger partial charge in [0, 0.05) is 30.3 Å². The van der Waals surface area contributed by atoms with Gasteiger partial charge in [-0.1, -0.05) is 31.5 Å². The number of nitrogens with one attached hydrogen (secondary N) is 1. The maximum absolute atomic E-state index is 6.18. The van der Waals surface area contributed by atoms with Crippen LogP contribution in [0.15, 0.2) is 18.2 Å². The Morgan fingerprint density at radius 1 is 1.45 bits per heavy atom. The van der Waals surface area contributed by atoms with Gasteiger partial charge < -0.3 is 15.0 Å². The van der Waals surface area contributed by atoms with Crippen molar-refractivity contribution in [2.24, 2.45) is 5.92 Å². The largest absolute Gasteiger partial charge is 0.375 e. The minimum Gasteiger partial charge on any atom is -0.375 e. The van der Waals surface area contributed by atoms with E-state index in [1.54, 1.807) is 0 Å². The van der Waals surface area contributed by atoms with Gasteiger partial charge in [-0.25, -0.2) is 0 Å². The number of ether oxygens (including phenoxy) is 1. The van der Waals surface area contributed by atoms with E-state index >= 15 is 0 Å². The highest BCUT2D eigenvalue weighted by Gasteiger charge is 2.19. The lowest BCUT2D eigenvalue weighted by Gasteiger charge is -2.34. The summed E-state index contributed by atoms with van der Waals surface area (Å²) in [5.74, 6) is 0.661. The molecular formula is C16H25ClN2O. The van der Waals surface area contributed by atoms with Gasteiger partial charge in [0.1, 0.15) is 0 Å². The number of benzene rings is 1. The molecule has 1 aromatic carbocycles. The molecule has 1 fully saturated rings. The number of rotatable bonds is 5. The van der Waals surface area contributed by atoms with Crippen LogP contribution in [0.2, 0.25) is 5.02 Å². The second-order valence-corrected chi connectivity index (χ2v) is 6.36. The van der Waals surface area contributed by atoms with Crippen molar-refractivity contribution in [1.29, 1.82) is 0 Å². The van der Waals surface area contributed by atoms with Crippen molar-refractivity contribution in [3.05, 3.63) is 28.8 Å². The maximum atomic E-state index is 6.18. The normalized spacial score (nSPS) is 19.6. The van der Waals surface area contributed by atoms with Gasteiger partial charge in [0.25, 0.3) is 0 Å². The molecule has 1 aliphatic heterocycles. The van der Waals surface area contributed by atoms with E-state index in [4.69, 9.17) is 16.3 Å². The number of halogens is 1. The van der Waals surface area contributed by atoms with Crippen LogP contribution in [0.5, 0.6) is 0 Å². The molecule has 1 N–H and O–H groups in total. The maximum Gasteiger partial charge on any atom is 0.0722 e. The molecule has 0 saturated carbocycles. The van der Waals surface area contributed by atoms with Gasteiger partial charge in [-0.3, -0.25) is 0 Å². The van der Waals surface area contributed by atoms with Crippen molar-refractivity contribution in [1.82, 2.24) is 5.32 Å². The summed E-state index contributed by atoms with van der Waals surface area (Å²) in [6.07, 6.45) is 0.277. The highest BCUT2D eigenvalue weighted by atomic mass is 35.5. The van der Waals surface area contributed by atoms with Gasteiger partial charge in [0.2, 0.25) is 0 Å². The number of nitrogens with zero attached hydrogens (tertiary/aromatic N) is 1. The van der Waals surface area contributed by atoms with Crippen LogP contribution in [0.3, 0.4) is 0 Å². The number of hydrogen-bond donors (Lipinski definition) is 1. The van der Waals surface area contributed by atoms with Gasteiger partial charge in [-0.05, 0) is 37.1 Å². The third-order valence-electron chi connectivity index (χ3n) is 3.50. The first-order chi connectivity index (χ1) is 9.56. The lowest BCUT2D eigenvalue weighted by atomic mass is 10.1. The second-order valence-electron chi connectivity index (χ2n) is 5.93. The molecule has 1 unspecified atom stereocenters. The molecule has 0 amide bonds. The molecular weight excluding hydrogens is 272 g/mol. The van der Waals surface area contributed by atoms with Crippen LogP contribution in [0.4, 0.5) is 5.69 Å². The number of morpholine rings is 1. The van der Waals surface area contributed by atoms with Crippen LogP contribution in [-0.2, 0) is 11.3 Å². The molecule has 1 saturated heterocycles. The molecule has 1 aliphatic rings. The van der Waals surface area contributed by atoms with Gasteiger partial charge in [-0.15, -0.1) is 0 Å². The van der Waals surface area contributed by atoms with Crippen molar-refractivity contribution in [2.75, 3.05) is 31.1 Å². The third-order valence-corrected chi connectivity index (χ3v) is 3.73. The molecule has 0 bridgehead atoms. The van der Waals surface area contributed by atoms with Crippen LogP contribution in [0.1, 0.15) is 26.3 Å². The molecule has 4 heteroatoms. The zero-order chi connectivity index (χ0) is 14.5. The van der Waals surface area contributed by atoms with Crippen LogP contribution in [0, 0.1) is 5.92 Å². The minimum atomic E-state index is 0.277. The Bertz CT molecular complexity index is 436. The fourth-order valence-corrected chi connectivity index (χ4v) is 2.68. The number of anilines is 1. The Kier molecular flexibility index (Phi) is 5.70. The highest BCUT2D eigenvalue weighted by molar-refractivity contribution is 6.30. The topological polar surface area (TPSA) is 24.5 Å². The summed E-state index contributed by atoms with van der Waals surface area (Å²) >= 11 is 6.18. The predicted octanol–water partition coefficient (Wildman–Crippen LogP) is 3.31. The highest BCUT2D eigenvalue weighted by Crippen LogP contribution is 2.26. The molecule has 2 rings (SSSR count). The molecule has 0 aliphatic carbocycles. The van der Waals surface area contributed by atoms with Crippen molar-refractivity contribution in [3.63, 3.8) is 0 Å². The molecule has 20 heavy (non-hydrogen) atoms. The molecule has 0 aromatic heterocycles. The average Bonchev–Trinajstić information content (AvgIpc) is 2.40. The van der Waals surface area contributed by atoms with Crippen molar-refractivity contribution in [3.8, 4) is 0 Å². The van der Waals surface area contributed by atoms with E-state index in [2.05, 4.69) is 43.1 Å². The van der Waals surface area contributed by atoms with Gasteiger partial charge in [0.15, 0.2) is 0 Å². The minimum absolute atomic E-state index is 0.277. The van der Waals surface area contributed by atoms with Crippen molar-refractivity contribution in [2.45, 2.75) is 33.4 Å². The van der Waals surface area contributed by atoms with E-state index < -0.39 is 0 Å². The molecule has 112 valence electrons. The van der Waals surface area contributed by atoms with E-state index in [0.717, 1.165) is 37.8 Å². The lowest BCUT2D eigenvalue weighted by Crippen LogP contribution is -2.41. The first-order valence-electron chi connectivity index (χ1n) is 7.42. The van der Waals surface area contributed by atoms with Crippen LogP contribution in [-0.4, -0.2) is 32.3 Å². The molecule has 0 spiro atoms. The lowest BCUT2D eigenvalue weighted by molar-refractivity contribution is 0.0531. The summed E-state index contributed by atoms with van der Waals surface area (Å²) in [5.41, 5.74) is 2.55. The van der Waals surface area contributed by atoms with E-state index in [0.29, 0.717) is 5.92 Å². The Morgan fingerprint density at radius 2 is 2.25 bits per heavy atom. The fraction of sp³-hybridized carbons (Fsp3) is 0.625. The smallest absolute Gasteiger partial charge is 0.0722 e. The zero-order valence-corrected chi connectivity index (χ0v) is 13.4. The summed E-state index contributed by atoms with van der Waals surface area (Å²) < 4.78 is 5.62. The SMILES string of the molecule is CC(C)CNCc1ccc(Cl)cc1N1CCOC(C)C1. The van der Waals surface area contributed by atoms with E-state index in [1.807, 2.05) is 6.07 Å². The Labute approximate surface area is 127 Å². The standard InChI is InChI=1S/C16H25ClN2O/c1-12(2)9-18-10-14-4-5-15(17)8-16(14)19-6-7-20-13(3)11-19/h4-5,8,12-13,18H,6-7,9-11H2,1-3H3. The van der Waals surface area contributed by atoms with Crippen LogP contribution in [0.25, 0.3) is 0 Å². The second kappa shape index (κ2) is 7.30. The van der Waals surface area contributed by atoms with Crippen molar-refractivity contribution >= 4 is 17.3 Å². The number of hydrogen-bond acceptors (Lipinski definition) is 3. The first-order valence-corrected chi connectivity index (χ1v) is 7.79. The summed E-state index contributed by atoms with van der Waals surface area (Å²) in [7, 11) is 0. The summed E-state index contributed by atoms with van der Waals surface area (Å²) in [6.45, 7) is 11.1. The molecule has 1 atom stereocenters.